The third-order valence-electron chi connectivity index (χ3n) is 3.94. The first kappa shape index (κ1) is 20.7. The average molecular weight is 423 g/mol. The van der Waals surface area contributed by atoms with Gasteiger partial charge in [-0.05, 0) is 35.6 Å². The summed E-state index contributed by atoms with van der Waals surface area (Å²) < 4.78 is 39.6. The van der Waals surface area contributed by atoms with Crippen LogP contribution in [0.3, 0.4) is 0 Å². The van der Waals surface area contributed by atoms with Gasteiger partial charge in [-0.15, -0.1) is 11.3 Å². The molecule has 3 rings (SSSR count). The van der Waals surface area contributed by atoms with Crippen molar-refractivity contribution in [1.29, 1.82) is 0 Å². The molecule has 7 nitrogen and oxygen atoms in total. The maximum atomic E-state index is 12.5. The predicted octanol–water partition coefficient (Wildman–Crippen LogP) is 4.05. The molecule has 0 fully saturated rings. The van der Waals surface area contributed by atoms with Gasteiger partial charge in [-0.2, -0.15) is 13.8 Å². The Morgan fingerprint density at radius 3 is 2.90 bits per heavy atom. The van der Waals surface area contributed by atoms with Crippen molar-refractivity contribution in [2.75, 3.05) is 7.11 Å². The van der Waals surface area contributed by atoms with Crippen LogP contribution < -0.4 is 14.8 Å². The molecule has 3 aromatic rings. The first-order valence-electron chi connectivity index (χ1n) is 8.80. The summed E-state index contributed by atoms with van der Waals surface area (Å²) in [5.41, 5.74) is 0.618. The number of aromatic nitrogens is 2. The van der Waals surface area contributed by atoms with Crippen LogP contribution in [-0.4, -0.2) is 29.8 Å². The highest BCUT2D eigenvalue weighted by Gasteiger charge is 2.13. The normalized spacial score (nSPS) is 10.9. The number of benzene rings is 1. The lowest BCUT2D eigenvalue weighted by atomic mass is 10.2. The van der Waals surface area contributed by atoms with Gasteiger partial charge in [0.2, 0.25) is 17.6 Å². The molecule has 0 unspecified atom stereocenters. The molecule has 0 saturated carbocycles. The highest BCUT2D eigenvalue weighted by atomic mass is 32.1. The Balaban J connectivity index is 1.44. The molecule has 2 heterocycles. The van der Waals surface area contributed by atoms with Crippen LogP contribution in [0.2, 0.25) is 0 Å². The maximum absolute atomic E-state index is 12.5. The molecule has 0 atom stereocenters. The summed E-state index contributed by atoms with van der Waals surface area (Å²) in [5.74, 6) is 0.968. The molecule has 1 amide bonds. The van der Waals surface area contributed by atoms with E-state index in [9.17, 15) is 13.6 Å². The molecule has 10 heteroatoms. The Hall–Kier alpha value is -3.01. The van der Waals surface area contributed by atoms with Crippen LogP contribution in [0.25, 0.3) is 10.7 Å². The second-order valence-electron chi connectivity index (χ2n) is 5.98. The number of nitrogens with zero attached hydrogens (tertiary/aromatic N) is 2. The molecular weight excluding hydrogens is 404 g/mol. The van der Waals surface area contributed by atoms with Gasteiger partial charge in [0.05, 0.1) is 12.0 Å². The van der Waals surface area contributed by atoms with Gasteiger partial charge in [-0.1, -0.05) is 17.3 Å². The Labute approximate surface area is 169 Å². The Kier molecular flexibility index (Phi) is 7.12. The van der Waals surface area contributed by atoms with Crippen molar-refractivity contribution in [3.05, 3.63) is 47.2 Å². The topological polar surface area (TPSA) is 86.5 Å². The van der Waals surface area contributed by atoms with E-state index in [0.29, 0.717) is 30.1 Å². The van der Waals surface area contributed by atoms with Crippen LogP contribution in [0.1, 0.15) is 24.3 Å². The second-order valence-corrected chi connectivity index (χ2v) is 6.93. The number of aryl methyl sites for hydroxylation is 1. The summed E-state index contributed by atoms with van der Waals surface area (Å²) in [6.45, 7) is -2.77. The van der Waals surface area contributed by atoms with E-state index in [4.69, 9.17) is 9.26 Å². The van der Waals surface area contributed by atoms with Crippen molar-refractivity contribution in [3.63, 3.8) is 0 Å². The zero-order valence-electron chi connectivity index (χ0n) is 15.6. The average Bonchev–Trinajstić information content (AvgIpc) is 3.38. The molecule has 0 saturated heterocycles. The molecule has 0 aliphatic rings. The van der Waals surface area contributed by atoms with Crippen LogP contribution in [0, 0.1) is 0 Å². The number of nitrogens with one attached hydrogen (secondary N) is 1. The molecule has 154 valence electrons. The van der Waals surface area contributed by atoms with Crippen molar-refractivity contribution >= 4 is 17.2 Å². The van der Waals surface area contributed by atoms with Crippen LogP contribution in [0.5, 0.6) is 11.5 Å². The Morgan fingerprint density at radius 2 is 2.17 bits per heavy atom. The van der Waals surface area contributed by atoms with Crippen molar-refractivity contribution in [1.82, 2.24) is 15.5 Å². The van der Waals surface area contributed by atoms with E-state index in [1.807, 2.05) is 17.5 Å². The molecule has 0 bridgehead atoms. The third-order valence-corrected chi connectivity index (χ3v) is 4.80. The largest absolute Gasteiger partial charge is 0.493 e. The van der Waals surface area contributed by atoms with Crippen LogP contribution in [0.4, 0.5) is 8.78 Å². The minimum absolute atomic E-state index is 0.0767. The standard InChI is InChI=1S/C19H19F2N3O4S/c1-26-13-8-7-12(10-14(13)27-19(20)21)11-22-16(25)5-2-6-17-23-18(24-28-17)15-4-3-9-29-15/h3-4,7-10,19H,2,5-6,11H2,1H3,(H,22,25). The number of hydrogen-bond donors (Lipinski definition) is 1. The van der Waals surface area contributed by atoms with E-state index >= 15 is 0 Å². The van der Waals surface area contributed by atoms with Gasteiger partial charge in [-0.3, -0.25) is 4.79 Å². The maximum Gasteiger partial charge on any atom is 0.387 e. The number of thiophene rings is 1. The van der Waals surface area contributed by atoms with E-state index in [1.165, 1.54) is 30.6 Å². The van der Waals surface area contributed by atoms with Gasteiger partial charge in [0.15, 0.2) is 11.5 Å². The number of halogens is 2. The lowest BCUT2D eigenvalue weighted by Gasteiger charge is -2.12. The number of carbonyl (C=O) groups excluding carboxylic acids is 1. The molecular formula is C19H19F2N3O4S. The molecule has 1 aromatic carbocycles. The minimum Gasteiger partial charge on any atom is -0.493 e. The van der Waals surface area contributed by atoms with E-state index in [0.717, 1.165) is 4.88 Å². The molecule has 2 aromatic heterocycles. The van der Waals surface area contributed by atoms with Crippen LogP contribution in [-0.2, 0) is 17.8 Å². The van der Waals surface area contributed by atoms with E-state index in [1.54, 1.807) is 6.07 Å². The number of rotatable bonds is 10. The van der Waals surface area contributed by atoms with Crippen molar-refractivity contribution in [3.8, 4) is 22.2 Å². The summed E-state index contributed by atoms with van der Waals surface area (Å²) in [4.78, 5) is 17.3. The quantitative estimate of drug-likeness (QED) is 0.530. The molecule has 0 spiro atoms. The molecule has 0 aliphatic heterocycles. The van der Waals surface area contributed by atoms with E-state index in [2.05, 4.69) is 20.2 Å². The highest BCUT2D eigenvalue weighted by Crippen LogP contribution is 2.29. The summed E-state index contributed by atoms with van der Waals surface area (Å²) in [5, 5.41) is 8.60. The van der Waals surface area contributed by atoms with Crippen molar-refractivity contribution in [2.24, 2.45) is 0 Å². The SMILES string of the molecule is COc1ccc(CNC(=O)CCCc2nc(-c3cccs3)no2)cc1OC(F)F. The van der Waals surface area contributed by atoms with Crippen molar-refractivity contribution < 1.29 is 27.6 Å². The number of carbonyl (C=O) groups is 1. The summed E-state index contributed by atoms with van der Waals surface area (Å²) in [6, 6.07) is 8.41. The fraction of sp³-hybridized carbons (Fsp3) is 0.316. The number of methoxy groups -OCH3 is 1. The molecule has 0 aliphatic carbocycles. The highest BCUT2D eigenvalue weighted by molar-refractivity contribution is 7.13. The van der Waals surface area contributed by atoms with Gasteiger partial charge < -0.3 is 19.3 Å². The smallest absolute Gasteiger partial charge is 0.387 e. The van der Waals surface area contributed by atoms with Gasteiger partial charge in [0.25, 0.3) is 0 Å². The molecule has 29 heavy (non-hydrogen) atoms. The minimum atomic E-state index is -2.96. The zero-order chi connectivity index (χ0) is 20.6. The van der Waals surface area contributed by atoms with Gasteiger partial charge >= 0.3 is 6.61 Å². The summed E-state index contributed by atoms with van der Waals surface area (Å²) in [7, 11) is 1.36. The third kappa shape index (κ3) is 5.98. The monoisotopic (exact) mass is 423 g/mol. The first-order valence-corrected chi connectivity index (χ1v) is 9.68. The van der Waals surface area contributed by atoms with Gasteiger partial charge in [0.1, 0.15) is 0 Å². The van der Waals surface area contributed by atoms with Gasteiger partial charge in [0, 0.05) is 19.4 Å². The number of ether oxygens (including phenoxy) is 2. The van der Waals surface area contributed by atoms with Gasteiger partial charge in [-0.25, -0.2) is 0 Å². The molecule has 1 N–H and O–H groups in total. The van der Waals surface area contributed by atoms with Crippen LogP contribution in [0.15, 0.2) is 40.2 Å². The summed E-state index contributed by atoms with van der Waals surface area (Å²) in [6.07, 6.45) is 1.30. The van der Waals surface area contributed by atoms with Crippen molar-refractivity contribution in [2.45, 2.75) is 32.4 Å². The summed E-state index contributed by atoms with van der Waals surface area (Å²) >= 11 is 1.52. The van der Waals surface area contributed by atoms with Crippen LogP contribution >= 0.6 is 11.3 Å². The fourth-order valence-corrected chi connectivity index (χ4v) is 3.22. The van der Waals surface area contributed by atoms with E-state index < -0.39 is 6.61 Å². The van der Waals surface area contributed by atoms with E-state index in [-0.39, 0.29) is 30.4 Å². The lowest BCUT2D eigenvalue weighted by Crippen LogP contribution is -2.22. The molecule has 0 radical (unpaired) electrons. The first-order chi connectivity index (χ1) is 14.0. The predicted molar refractivity (Wildman–Crippen MR) is 102 cm³/mol. The lowest BCUT2D eigenvalue weighted by molar-refractivity contribution is -0.121. The number of amides is 1. The Morgan fingerprint density at radius 1 is 1.31 bits per heavy atom. The zero-order valence-corrected chi connectivity index (χ0v) is 16.4. The fourth-order valence-electron chi connectivity index (χ4n) is 2.57. The number of alkyl halides is 2. The number of hydrogen-bond acceptors (Lipinski definition) is 7. The Bertz CT molecular complexity index is 931. The second kappa shape index (κ2) is 9.97.